The van der Waals surface area contributed by atoms with Gasteiger partial charge in [-0.1, -0.05) is 17.8 Å². The Morgan fingerprint density at radius 2 is 2.35 bits per heavy atom. The van der Waals surface area contributed by atoms with E-state index >= 15 is 0 Å². The van der Waals surface area contributed by atoms with Gasteiger partial charge < -0.3 is 10.1 Å². The molecule has 0 aliphatic rings. The van der Waals surface area contributed by atoms with Crippen LogP contribution in [0, 0.1) is 3.57 Å². The molecule has 9 heteroatoms. The van der Waals surface area contributed by atoms with Crippen molar-refractivity contribution in [3.8, 4) is 0 Å². The summed E-state index contributed by atoms with van der Waals surface area (Å²) in [6.45, 7) is 1.07. The summed E-state index contributed by atoms with van der Waals surface area (Å²) in [6.07, 6.45) is 0.706. The van der Waals surface area contributed by atoms with Crippen LogP contribution in [0.2, 0.25) is 0 Å². The zero-order valence-electron chi connectivity index (χ0n) is 12.5. The van der Waals surface area contributed by atoms with Crippen molar-refractivity contribution in [3.63, 3.8) is 0 Å². The van der Waals surface area contributed by atoms with Gasteiger partial charge >= 0.3 is 5.69 Å². The van der Waals surface area contributed by atoms with Crippen LogP contribution in [0.1, 0.15) is 6.42 Å². The minimum Gasteiger partial charge on any atom is -0.385 e. The third kappa shape index (κ3) is 5.66. The number of carbonyl (C=O) groups is 1. The molecular weight excluding hydrogens is 431 g/mol. The Labute approximate surface area is 151 Å². The first-order valence-corrected chi connectivity index (χ1v) is 8.99. The Morgan fingerprint density at radius 3 is 3.09 bits per heavy atom. The molecule has 2 aromatic rings. The van der Waals surface area contributed by atoms with Crippen LogP contribution in [0.3, 0.4) is 0 Å². The third-order valence-corrected chi connectivity index (χ3v) is 4.54. The quantitative estimate of drug-likeness (QED) is 0.366. The molecule has 0 saturated heterocycles. The van der Waals surface area contributed by atoms with Gasteiger partial charge in [0.15, 0.2) is 5.16 Å². The van der Waals surface area contributed by atoms with E-state index < -0.39 is 0 Å². The van der Waals surface area contributed by atoms with Crippen molar-refractivity contribution < 1.29 is 9.53 Å². The van der Waals surface area contributed by atoms with Crippen molar-refractivity contribution in [1.82, 2.24) is 14.8 Å². The van der Waals surface area contributed by atoms with Crippen LogP contribution in [0.15, 0.2) is 34.2 Å². The summed E-state index contributed by atoms with van der Waals surface area (Å²) in [4.78, 5) is 23.7. The maximum atomic E-state index is 12.0. The van der Waals surface area contributed by atoms with E-state index in [1.165, 1.54) is 16.3 Å². The Hall–Kier alpha value is -1.33. The van der Waals surface area contributed by atoms with Crippen molar-refractivity contribution in [3.05, 3.63) is 38.3 Å². The number of methoxy groups -OCH3 is 1. The van der Waals surface area contributed by atoms with E-state index in [4.69, 9.17) is 4.74 Å². The number of carbonyl (C=O) groups excluding carboxylic acids is 1. The predicted octanol–water partition coefficient (Wildman–Crippen LogP) is 1.94. The van der Waals surface area contributed by atoms with Crippen molar-refractivity contribution in [2.75, 3.05) is 24.8 Å². The molecule has 0 atom stereocenters. The molecule has 0 spiro atoms. The fourth-order valence-electron chi connectivity index (χ4n) is 1.87. The van der Waals surface area contributed by atoms with Crippen LogP contribution in [-0.2, 0) is 16.1 Å². The summed E-state index contributed by atoms with van der Waals surface area (Å²) in [5, 5.41) is 9.69. The Morgan fingerprint density at radius 1 is 1.52 bits per heavy atom. The summed E-state index contributed by atoms with van der Waals surface area (Å²) in [6, 6.07) is 7.55. The van der Waals surface area contributed by atoms with Crippen LogP contribution < -0.4 is 11.0 Å². The van der Waals surface area contributed by atoms with Crippen LogP contribution in [0.25, 0.3) is 0 Å². The van der Waals surface area contributed by atoms with Crippen molar-refractivity contribution in [2.24, 2.45) is 0 Å². The molecule has 23 heavy (non-hydrogen) atoms. The van der Waals surface area contributed by atoms with Crippen molar-refractivity contribution in [2.45, 2.75) is 18.1 Å². The monoisotopic (exact) mass is 448 g/mol. The third-order valence-electron chi connectivity index (χ3n) is 2.89. The highest BCUT2D eigenvalue weighted by atomic mass is 127. The Bertz CT molecular complexity index is 716. The van der Waals surface area contributed by atoms with Gasteiger partial charge in [0.05, 0.1) is 5.75 Å². The number of nitrogens with one attached hydrogen (secondary N) is 2. The maximum absolute atomic E-state index is 12.0. The maximum Gasteiger partial charge on any atom is 0.343 e. The van der Waals surface area contributed by atoms with E-state index in [1.807, 2.05) is 24.3 Å². The van der Waals surface area contributed by atoms with Gasteiger partial charge in [-0.05, 0) is 47.2 Å². The topological polar surface area (TPSA) is 89.0 Å². The Kier molecular flexibility index (Phi) is 7.12. The minimum absolute atomic E-state index is 0.143. The second-order valence-electron chi connectivity index (χ2n) is 4.66. The molecule has 0 aliphatic carbocycles. The van der Waals surface area contributed by atoms with Crippen LogP contribution >= 0.6 is 34.4 Å². The molecule has 1 aromatic heterocycles. The van der Waals surface area contributed by atoms with E-state index in [2.05, 4.69) is 38.1 Å². The van der Waals surface area contributed by atoms with Gasteiger partial charge in [0.25, 0.3) is 0 Å². The first kappa shape index (κ1) is 18.0. The average molecular weight is 448 g/mol. The molecule has 1 heterocycles. The van der Waals surface area contributed by atoms with Crippen molar-refractivity contribution in [1.29, 1.82) is 0 Å². The van der Waals surface area contributed by atoms with E-state index in [-0.39, 0.29) is 17.3 Å². The lowest BCUT2D eigenvalue weighted by atomic mass is 10.3. The number of hydrogen-bond donors (Lipinski definition) is 2. The summed E-state index contributed by atoms with van der Waals surface area (Å²) >= 11 is 3.41. The molecule has 2 N–H and O–H groups in total. The molecule has 0 bridgehead atoms. The molecule has 1 amide bonds. The number of ether oxygens (including phenoxy) is 1. The fraction of sp³-hybridized carbons (Fsp3) is 0.357. The first-order chi connectivity index (χ1) is 11.1. The number of halogens is 1. The first-order valence-electron chi connectivity index (χ1n) is 6.92. The van der Waals surface area contributed by atoms with Crippen LogP contribution in [-0.4, -0.2) is 40.1 Å². The smallest absolute Gasteiger partial charge is 0.343 e. The zero-order valence-corrected chi connectivity index (χ0v) is 15.5. The molecule has 0 aliphatic heterocycles. The lowest BCUT2D eigenvalue weighted by Crippen LogP contribution is -2.19. The van der Waals surface area contributed by atoms with E-state index in [1.54, 1.807) is 7.11 Å². The van der Waals surface area contributed by atoms with E-state index in [0.717, 1.165) is 9.26 Å². The number of rotatable bonds is 8. The predicted molar refractivity (Wildman–Crippen MR) is 97.9 cm³/mol. The van der Waals surface area contributed by atoms with Gasteiger partial charge in [0, 0.05) is 29.5 Å². The molecule has 124 valence electrons. The Balaban J connectivity index is 1.90. The van der Waals surface area contributed by atoms with Gasteiger partial charge in [-0.2, -0.15) is 0 Å². The largest absolute Gasteiger partial charge is 0.385 e. The second-order valence-corrected chi connectivity index (χ2v) is 6.84. The lowest BCUT2D eigenvalue weighted by Gasteiger charge is -2.06. The normalized spacial score (nSPS) is 10.7. The average Bonchev–Trinajstić information content (AvgIpc) is 2.86. The zero-order chi connectivity index (χ0) is 16.7. The molecule has 0 fully saturated rings. The molecule has 0 unspecified atom stereocenters. The second kappa shape index (κ2) is 9.08. The number of nitrogens with zero attached hydrogens (tertiary/aromatic N) is 2. The van der Waals surface area contributed by atoms with Crippen LogP contribution in [0.4, 0.5) is 5.69 Å². The molecule has 2 rings (SSSR count). The number of aromatic nitrogens is 3. The molecule has 1 aromatic carbocycles. The summed E-state index contributed by atoms with van der Waals surface area (Å²) < 4.78 is 7.54. The number of benzene rings is 1. The standard InChI is InChI=1S/C14H17IN4O3S/c1-22-7-3-6-19-13(21)17-18-14(19)23-9-12(20)16-11-5-2-4-10(15)8-11/h2,4-5,8H,3,6-7,9H2,1H3,(H,16,20)(H,17,21). The summed E-state index contributed by atoms with van der Waals surface area (Å²) in [7, 11) is 1.61. The van der Waals surface area contributed by atoms with Gasteiger partial charge in [0.1, 0.15) is 0 Å². The number of amides is 1. The SMILES string of the molecule is COCCCn1c(SCC(=O)Nc2cccc(I)c2)n[nH]c1=O. The number of anilines is 1. The number of aromatic amines is 1. The molecule has 0 saturated carbocycles. The fourth-order valence-corrected chi connectivity index (χ4v) is 3.19. The highest BCUT2D eigenvalue weighted by molar-refractivity contribution is 14.1. The van der Waals surface area contributed by atoms with E-state index in [0.29, 0.717) is 24.7 Å². The van der Waals surface area contributed by atoms with Gasteiger partial charge in [0.2, 0.25) is 5.91 Å². The van der Waals surface area contributed by atoms with E-state index in [9.17, 15) is 9.59 Å². The molecular formula is C14H17IN4O3S. The number of H-pyrrole nitrogens is 1. The number of hydrogen-bond acceptors (Lipinski definition) is 5. The van der Waals surface area contributed by atoms with Gasteiger partial charge in [-0.3, -0.25) is 9.36 Å². The van der Waals surface area contributed by atoms with Gasteiger partial charge in [-0.15, -0.1) is 5.10 Å². The lowest BCUT2D eigenvalue weighted by molar-refractivity contribution is -0.113. The molecule has 7 nitrogen and oxygen atoms in total. The number of thioether (sulfide) groups is 1. The summed E-state index contributed by atoms with van der Waals surface area (Å²) in [5.41, 5.74) is 0.476. The highest BCUT2D eigenvalue weighted by Gasteiger charge is 2.11. The van der Waals surface area contributed by atoms with Crippen LogP contribution in [0.5, 0.6) is 0 Å². The molecule has 0 radical (unpaired) electrons. The van der Waals surface area contributed by atoms with Crippen molar-refractivity contribution >= 4 is 45.9 Å². The summed E-state index contributed by atoms with van der Waals surface area (Å²) in [5.74, 6) is 0.0379. The minimum atomic E-state index is -0.276. The highest BCUT2D eigenvalue weighted by Crippen LogP contribution is 2.16. The van der Waals surface area contributed by atoms with Gasteiger partial charge in [-0.25, -0.2) is 9.89 Å².